The summed E-state index contributed by atoms with van der Waals surface area (Å²) >= 11 is 1.52. The molecule has 2 atom stereocenters. The molecule has 1 fully saturated rings. The van der Waals surface area contributed by atoms with Crippen LogP contribution in [0.3, 0.4) is 0 Å². The SMILES string of the molecule is Cc1nn(C)c2sc(C(=O)N3C[C@H](C)OC[C@H]3C)cc12. The summed E-state index contributed by atoms with van der Waals surface area (Å²) in [4.78, 5) is 16.5. The fourth-order valence-electron chi connectivity index (χ4n) is 2.64. The van der Waals surface area contributed by atoms with E-state index in [9.17, 15) is 4.79 Å². The van der Waals surface area contributed by atoms with Crippen LogP contribution in [0.2, 0.25) is 0 Å². The maximum atomic E-state index is 12.7. The molecule has 3 rings (SSSR count). The number of nitrogens with zero attached hydrogens (tertiary/aromatic N) is 3. The van der Waals surface area contributed by atoms with Crippen molar-refractivity contribution in [1.82, 2.24) is 14.7 Å². The molecule has 1 amide bonds. The standard InChI is InChI=1S/C14H19N3O2S/c1-8-7-19-9(2)6-17(8)13(18)12-5-11-10(3)15-16(4)14(11)20-12/h5,8-9H,6-7H2,1-4H3/t8-,9+/m1/s1. The molecule has 0 unspecified atom stereocenters. The topological polar surface area (TPSA) is 47.4 Å². The van der Waals surface area contributed by atoms with Gasteiger partial charge in [0.25, 0.3) is 5.91 Å². The van der Waals surface area contributed by atoms with E-state index in [1.54, 1.807) is 0 Å². The summed E-state index contributed by atoms with van der Waals surface area (Å²) in [6.07, 6.45) is 0.105. The van der Waals surface area contributed by atoms with Gasteiger partial charge in [-0.25, -0.2) is 0 Å². The molecule has 1 saturated heterocycles. The first-order valence-electron chi connectivity index (χ1n) is 6.83. The van der Waals surface area contributed by atoms with Gasteiger partial charge in [-0.2, -0.15) is 5.10 Å². The van der Waals surface area contributed by atoms with Crippen molar-refractivity contribution in [2.24, 2.45) is 7.05 Å². The summed E-state index contributed by atoms with van der Waals surface area (Å²) in [7, 11) is 1.92. The smallest absolute Gasteiger partial charge is 0.264 e. The van der Waals surface area contributed by atoms with Crippen LogP contribution in [0.1, 0.15) is 29.2 Å². The van der Waals surface area contributed by atoms with Crippen LogP contribution in [-0.2, 0) is 11.8 Å². The van der Waals surface area contributed by atoms with Crippen molar-refractivity contribution in [2.45, 2.75) is 32.9 Å². The van der Waals surface area contributed by atoms with Crippen LogP contribution < -0.4 is 0 Å². The Hall–Kier alpha value is -1.40. The lowest BCUT2D eigenvalue weighted by Crippen LogP contribution is -2.50. The molecule has 0 radical (unpaired) electrons. The first-order valence-corrected chi connectivity index (χ1v) is 7.64. The second-order valence-electron chi connectivity index (χ2n) is 5.49. The lowest BCUT2D eigenvalue weighted by atomic mass is 10.2. The van der Waals surface area contributed by atoms with Gasteiger partial charge in [0.2, 0.25) is 0 Å². The Labute approximate surface area is 122 Å². The average Bonchev–Trinajstić information content (AvgIpc) is 2.95. The fraction of sp³-hybridized carbons (Fsp3) is 0.571. The molecule has 0 spiro atoms. The highest BCUT2D eigenvalue weighted by atomic mass is 32.1. The fourth-order valence-corrected chi connectivity index (χ4v) is 3.72. The van der Waals surface area contributed by atoms with Crippen molar-refractivity contribution in [2.75, 3.05) is 13.2 Å². The molecule has 0 bridgehead atoms. The highest BCUT2D eigenvalue weighted by Gasteiger charge is 2.29. The van der Waals surface area contributed by atoms with Gasteiger partial charge >= 0.3 is 0 Å². The number of carbonyl (C=O) groups excluding carboxylic acids is 1. The number of carbonyl (C=O) groups is 1. The molecule has 5 nitrogen and oxygen atoms in total. The van der Waals surface area contributed by atoms with Crippen LogP contribution in [0.15, 0.2) is 6.07 Å². The molecule has 2 aromatic heterocycles. The third kappa shape index (κ3) is 2.13. The normalized spacial score (nSPS) is 23.5. The number of hydrogen-bond donors (Lipinski definition) is 0. The third-order valence-electron chi connectivity index (χ3n) is 3.78. The third-order valence-corrected chi connectivity index (χ3v) is 4.97. The summed E-state index contributed by atoms with van der Waals surface area (Å²) < 4.78 is 7.43. The van der Waals surface area contributed by atoms with Gasteiger partial charge in [-0.1, -0.05) is 0 Å². The molecule has 108 valence electrons. The maximum Gasteiger partial charge on any atom is 0.264 e. The molecule has 0 aliphatic carbocycles. The van der Waals surface area contributed by atoms with Gasteiger partial charge in [-0.3, -0.25) is 9.48 Å². The second-order valence-corrected chi connectivity index (χ2v) is 6.52. The molecular weight excluding hydrogens is 274 g/mol. The second kappa shape index (κ2) is 4.86. The van der Waals surface area contributed by atoms with E-state index in [0.717, 1.165) is 20.8 Å². The van der Waals surface area contributed by atoms with Gasteiger partial charge in [0.15, 0.2) is 0 Å². The number of aromatic nitrogens is 2. The molecule has 20 heavy (non-hydrogen) atoms. The Morgan fingerprint density at radius 3 is 2.95 bits per heavy atom. The number of ether oxygens (including phenoxy) is 1. The molecule has 1 aliphatic rings. The maximum absolute atomic E-state index is 12.7. The summed E-state index contributed by atoms with van der Waals surface area (Å²) in [6, 6.07) is 2.10. The summed E-state index contributed by atoms with van der Waals surface area (Å²) in [5.41, 5.74) is 0.973. The summed E-state index contributed by atoms with van der Waals surface area (Å²) in [5, 5.41) is 5.45. The molecule has 2 aromatic rings. The summed E-state index contributed by atoms with van der Waals surface area (Å²) in [6.45, 7) is 7.28. The van der Waals surface area contributed by atoms with E-state index in [0.29, 0.717) is 13.2 Å². The van der Waals surface area contributed by atoms with E-state index in [1.807, 2.05) is 43.5 Å². The van der Waals surface area contributed by atoms with Gasteiger partial charge in [0.05, 0.1) is 29.3 Å². The Balaban J connectivity index is 1.93. The molecule has 0 aromatic carbocycles. The van der Waals surface area contributed by atoms with Crippen LogP contribution in [0, 0.1) is 6.92 Å². The zero-order chi connectivity index (χ0) is 14.4. The van der Waals surface area contributed by atoms with Crippen molar-refractivity contribution in [3.63, 3.8) is 0 Å². The van der Waals surface area contributed by atoms with E-state index in [1.165, 1.54) is 11.3 Å². The first-order chi connectivity index (χ1) is 9.47. The van der Waals surface area contributed by atoms with Crippen molar-refractivity contribution in [3.05, 3.63) is 16.6 Å². The van der Waals surface area contributed by atoms with E-state index in [-0.39, 0.29) is 18.1 Å². The van der Waals surface area contributed by atoms with Gasteiger partial charge in [0, 0.05) is 19.0 Å². The monoisotopic (exact) mass is 293 g/mol. The van der Waals surface area contributed by atoms with Gasteiger partial charge < -0.3 is 9.64 Å². The van der Waals surface area contributed by atoms with E-state index < -0.39 is 0 Å². The number of hydrogen-bond acceptors (Lipinski definition) is 4. The number of amides is 1. The molecular formula is C14H19N3O2S. The van der Waals surface area contributed by atoms with Gasteiger partial charge in [0.1, 0.15) is 4.83 Å². The van der Waals surface area contributed by atoms with Crippen LogP contribution in [-0.4, -0.2) is 45.9 Å². The van der Waals surface area contributed by atoms with E-state index in [4.69, 9.17) is 4.74 Å². The van der Waals surface area contributed by atoms with Gasteiger partial charge in [-0.05, 0) is 26.8 Å². The number of thiophene rings is 1. The number of fused-ring (bicyclic) bond motifs is 1. The minimum absolute atomic E-state index is 0.105. The quantitative estimate of drug-likeness (QED) is 0.810. The molecule has 6 heteroatoms. The predicted octanol–water partition coefficient (Wildman–Crippen LogP) is 2.19. The molecule has 1 aliphatic heterocycles. The highest BCUT2D eigenvalue weighted by Crippen LogP contribution is 2.29. The zero-order valence-corrected chi connectivity index (χ0v) is 13.0. The van der Waals surface area contributed by atoms with Crippen LogP contribution in [0.25, 0.3) is 10.2 Å². The number of rotatable bonds is 1. The lowest BCUT2D eigenvalue weighted by Gasteiger charge is -2.36. The Morgan fingerprint density at radius 1 is 1.50 bits per heavy atom. The first kappa shape index (κ1) is 13.6. The van der Waals surface area contributed by atoms with Crippen molar-refractivity contribution in [1.29, 1.82) is 0 Å². The molecule has 0 N–H and O–H groups in total. The number of aryl methyl sites for hydroxylation is 2. The highest BCUT2D eigenvalue weighted by molar-refractivity contribution is 7.20. The minimum atomic E-state index is 0.105. The zero-order valence-electron chi connectivity index (χ0n) is 12.2. The van der Waals surface area contributed by atoms with E-state index in [2.05, 4.69) is 5.10 Å². The van der Waals surface area contributed by atoms with Gasteiger partial charge in [-0.15, -0.1) is 11.3 Å². The Kier molecular flexibility index (Phi) is 3.30. The predicted molar refractivity (Wildman–Crippen MR) is 79.2 cm³/mol. The van der Waals surface area contributed by atoms with Crippen LogP contribution >= 0.6 is 11.3 Å². The van der Waals surface area contributed by atoms with Crippen molar-refractivity contribution >= 4 is 27.5 Å². The summed E-state index contributed by atoms with van der Waals surface area (Å²) in [5.74, 6) is 0.105. The largest absolute Gasteiger partial charge is 0.375 e. The minimum Gasteiger partial charge on any atom is -0.375 e. The van der Waals surface area contributed by atoms with Crippen molar-refractivity contribution in [3.8, 4) is 0 Å². The van der Waals surface area contributed by atoms with E-state index >= 15 is 0 Å². The molecule has 0 saturated carbocycles. The number of morpholine rings is 1. The lowest BCUT2D eigenvalue weighted by molar-refractivity contribution is -0.0385. The Bertz CT molecular complexity index is 626. The van der Waals surface area contributed by atoms with Crippen LogP contribution in [0.5, 0.6) is 0 Å². The average molecular weight is 293 g/mol. The van der Waals surface area contributed by atoms with Crippen molar-refractivity contribution < 1.29 is 9.53 Å². The van der Waals surface area contributed by atoms with Crippen LogP contribution in [0.4, 0.5) is 0 Å². The molecule has 3 heterocycles. The Morgan fingerprint density at radius 2 is 2.25 bits per heavy atom.